The number of hydrogen-bond acceptors (Lipinski definition) is 5. The molecule has 0 aliphatic carbocycles. The molecule has 0 saturated carbocycles. The summed E-state index contributed by atoms with van der Waals surface area (Å²) < 4.78 is 11.2. The van der Waals surface area contributed by atoms with Crippen molar-refractivity contribution in [1.82, 2.24) is 9.97 Å². The van der Waals surface area contributed by atoms with Crippen molar-refractivity contribution in [2.75, 3.05) is 7.11 Å². The van der Waals surface area contributed by atoms with Crippen molar-refractivity contribution in [2.24, 2.45) is 0 Å². The van der Waals surface area contributed by atoms with E-state index < -0.39 is 0 Å². The summed E-state index contributed by atoms with van der Waals surface area (Å²) in [5.41, 5.74) is 3.38. The number of ether oxygens (including phenoxy) is 2. The van der Waals surface area contributed by atoms with E-state index in [-0.39, 0.29) is 18.0 Å². The highest BCUT2D eigenvalue weighted by atomic mass is 16.5. The Balaban J connectivity index is 1.37. The molecule has 0 amide bonds. The fraction of sp³-hybridized carbons (Fsp3) is 0.107. The number of fused-ring (bicyclic) bond motifs is 1. The summed E-state index contributed by atoms with van der Waals surface area (Å²) in [6, 6.07) is 18.8. The van der Waals surface area contributed by atoms with Crippen LogP contribution in [0.15, 0.2) is 85.2 Å². The van der Waals surface area contributed by atoms with Crippen LogP contribution in [-0.4, -0.2) is 28.6 Å². The van der Waals surface area contributed by atoms with Crippen LogP contribution in [0, 0.1) is 0 Å². The number of aromatic amines is 1. The molecule has 170 valence electrons. The number of allylic oxidation sites excluding steroid dienone is 2. The van der Waals surface area contributed by atoms with Gasteiger partial charge in [-0.15, -0.1) is 0 Å². The number of carbonyl (C=O) groups is 2. The summed E-state index contributed by atoms with van der Waals surface area (Å²) in [6.45, 7) is 0.326. The minimum Gasteiger partial charge on any atom is -0.496 e. The lowest BCUT2D eigenvalue weighted by atomic mass is 10.1. The molecular weight excluding hydrogens is 428 g/mol. The van der Waals surface area contributed by atoms with E-state index in [2.05, 4.69) is 9.97 Å². The average molecular weight is 453 g/mol. The maximum absolute atomic E-state index is 12.4. The summed E-state index contributed by atoms with van der Waals surface area (Å²) in [5.74, 6) is 0.658. The molecule has 0 aliphatic heterocycles. The second-order valence-corrected chi connectivity index (χ2v) is 7.58. The van der Waals surface area contributed by atoms with Gasteiger partial charge in [-0.1, -0.05) is 24.3 Å². The van der Waals surface area contributed by atoms with Gasteiger partial charge in [-0.3, -0.25) is 14.6 Å². The molecule has 0 fully saturated rings. The standard InChI is InChI=1S/C28H24N2O4/c1-33-28-14-13-25(34-19-22-6-4-5-15-29-22)16-20(28)9-11-23(31)17-24(32)12-10-21-18-30-27-8-3-2-7-26(21)27/h2-16,18,30H,17,19H2,1H3. The molecule has 0 radical (unpaired) electrons. The third kappa shape index (κ3) is 5.86. The molecule has 2 heterocycles. The maximum atomic E-state index is 12.4. The van der Waals surface area contributed by atoms with Crippen LogP contribution < -0.4 is 9.47 Å². The molecule has 0 saturated heterocycles. The van der Waals surface area contributed by atoms with Gasteiger partial charge in [0.15, 0.2) is 11.6 Å². The number of nitrogens with one attached hydrogen (secondary N) is 1. The fourth-order valence-corrected chi connectivity index (χ4v) is 3.46. The van der Waals surface area contributed by atoms with E-state index in [9.17, 15) is 9.59 Å². The molecule has 6 nitrogen and oxygen atoms in total. The molecule has 0 spiro atoms. The van der Waals surface area contributed by atoms with Gasteiger partial charge in [0.2, 0.25) is 0 Å². The first-order valence-corrected chi connectivity index (χ1v) is 10.8. The molecule has 1 N–H and O–H groups in total. The van der Waals surface area contributed by atoms with E-state index in [1.165, 1.54) is 12.2 Å². The molecule has 0 unspecified atom stereocenters. The topological polar surface area (TPSA) is 81.3 Å². The van der Waals surface area contributed by atoms with E-state index in [1.54, 1.807) is 43.7 Å². The van der Waals surface area contributed by atoms with Crippen molar-refractivity contribution in [3.05, 3.63) is 102 Å². The third-order valence-corrected chi connectivity index (χ3v) is 5.18. The monoisotopic (exact) mass is 452 g/mol. The van der Waals surface area contributed by atoms with E-state index in [0.29, 0.717) is 23.7 Å². The van der Waals surface area contributed by atoms with Crippen LogP contribution in [0.3, 0.4) is 0 Å². The summed E-state index contributed by atoms with van der Waals surface area (Å²) >= 11 is 0. The van der Waals surface area contributed by atoms with Gasteiger partial charge >= 0.3 is 0 Å². The van der Waals surface area contributed by atoms with Gasteiger partial charge in [-0.25, -0.2) is 0 Å². The number of methoxy groups -OCH3 is 1. The van der Waals surface area contributed by atoms with Crippen molar-refractivity contribution in [3.63, 3.8) is 0 Å². The Labute approximate surface area is 197 Å². The Bertz CT molecular complexity index is 1350. The number of ketones is 2. The number of nitrogens with zero attached hydrogens (tertiary/aromatic N) is 1. The van der Waals surface area contributed by atoms with Crippen LogP contribution in [0.4, 0.5) is 0 Å². The first kappa shape index (κ1) is 22.7. The molecule has 6 heteroatoms. The van der Waals surface area contributed by atoms with Gasteiger partial charge in [0.25, 0.3) is 0 Å². The number of carbonyl (C=O) groups excluding carboxylic acids is 2. The molecule has 4 rings (SSSR count). The molecule has 34 heavy (non-hydrogen) atoms. The summed E-state index contributed by atoms with van der Waals surface area (Å²) in [6.07, 6.45) is 9.52. The van der Waals surface area contributed by atoms with Gasteiger partial charge in [-0.2, -0.15) is 0 Å². The zero-order chi connectivity index (χ0) is 23.8. The van der Waals surface area contributed by atoms with Crippen LogP contribution in [0.1, 0.15) is 23.2 Å². The number of rotatable bonds is 10. The van der Waals surface area contributed by atoms with Crippen molar-refractivity contribution in [3.8, 4) is 11.5 Å². The lowest BCUT2D eigenvalue weighted by Crippen LogP contribution is -2.02. The predicted octanol–water partition coefficient (Wildman–Crippen LogP) is 5.41. The van der Waals surface area contributed by atoms with E-state index >= 15 is 0 Å². The number of hydrogen-bond donors (Lipinski definition) is 1. The second kappa shape index (κ2) is 10.9. The van der Waals surface area contributed by atoms with Crippen LogP contribution >= 0.6 is 0 Å². The Hall–Kier alpha value is -4.45. The number of H-pyrrole nitrogens is 1. The molecule has 4 aromatic rings. The number of aromatic nitrogens is 2. The van der Waals surface area contributed by atoms with E-state index in [0.717, 1.165) is 22.2 Å². The molecule has 2 aromatic heterocycles. The fourth-order valence-electron chi connectivity index (χ4n) is 3.46. The van der Waals surface area contributed by atoms with E-state index in [4.69, 9.17) is 9.47 Å². The highest BCUT2D eigenvalue weighted by Crippen LogP contribution is 2.26. The third-order valence-electron chi connectivity index (χ3n) is 5.18. The normalized spacial score (nSPS) is 11.3. The van der Waals surface area contributed by atoms with Crippen molar-refractivity contribution >= 4 is 34.6 Å². The lowest BCUT2D eigenvalue weighted by molar-refractivity contribution is -0.121. The van der Waals surface area contributed by atoms with Crippen molar-refractivity contribution in [1.29, 1.82) is 0 Å². The minimum atomic E-state index is -0.296. The Kier molecular flexibility index (Phi) is 7.30. The van der Waals surface area contributed by atoms with E-state index in [1.807, 2.05) is 48.7 Å². The quantitative estimate of drug-likeness (QED) is 0.257. The minimum absolute atomic E-state index is 0.215. The predicted molar refractivity (Wildman–Crippen MR) is 133 cm³/mol. The Morgan fingerprint density at radius 1 is 0.941 bits per heavy atom. The van der Waals surface area contributed by atoms with Crippen molar-refractivity contribution < 1.29 is 19.1 Å². The van der Waals surface area contributed by atoms with Crippen molar-refractivity contribution in [2.45, 2.75) is 13.0 Å². The second-order valence-electron chi connectivity index (χ2n) is 7.58. The zero-order valence-electron chi connectivity index (χ0n) is 18.7. The van der Waals surface area contributed by atoms with Crippen LogP contribution in [0.2, 0.25) is 0 Å². The van der Waals surface area contributed by atoms with Gasteiger partial charge in [0, 0.05) is 28.9 Å². The SMILES string of the molecule is COc1ccc(OCc2ccccn2)cc1C=CC(=O)CC(=O)C=Cc1c[nH]c2ccccc12. The largest absolute Gasteiger partial charge is 0.496 e. The van der Waals surface area contributed by atoms with Gasteiger partial charge in [0.1, 0.15) is 18.1 Å². The van der Waals surface area contributed by atoms with Gasteiger partial charge in [-0.05, 0) is 66.3 Å². The van der Waals surface area contributed by atoms with Crippen LogP contribution in [0.5, 0.6) is 11.5 Å². The smallest absolute Gasteiger partial charge is 0.163 e. The van der Waals surface area contributed by atoms with Crippen LogP contribution in [0.25, 0.3) is 23.1 Å². The molecular formula is C28H24N2O4. The Morgan fingerprint density at radius 3 is 2.47 bits per heavy atom. The molecule has 0 bridgehead atoms. The number of para-hydroxylation sites is 1. The average Bonchev–Trinajstić information content (AvgIpc) is 3.29. The summed E-state index contributed by atoms with van der Waals surface area (Å²) in [4.78, 5) is 32.1. The molecule has 0 aliphatic rings. The molecule has 2 aromatic carbocycles. The van der Waals surface area contributed by atoms with Gasteiger partial charge in [0.05, 0.1) is 19.2 Å². The maximum Gasteiger partial charge on any atom is 0.163 e. The summed E-state index contributed by atoms with van der Waals surface area (Å²) in [7, 11) is 1.56. The summed E-state index contributed by atoms with van der Waals surface area (Å²) in [5, 5.41) is 1.02. The first-order valence-electron chi connectivity index (χ1n) is 10.8. The highest BCUT2D eigenvalue weighted by Gasteiger charge is 2.07. The van der Waals surface area contributed by atoms with Gasteiger partial charge < -0.3 is 14.5 Å². The number of benzene rings is 2. The number of pyridine rings is 1. The Morgan fingerprint density at radius 2 is 1.71 bits per heavy atom. The lowest BCUT2D eigenvalue weighted by Gasteiger charge is -2.09. The first-order chi connectivity index (χ1) is 16.6. The molecule has 0 atom stereocenters. The zero-order valence-corrected chi connectivity index (χ0v) is 18.7. The van der Waals surface area contributed by atoms with Crippen LogP contribution in [-0.2, 0) is 16.2 Å². The highest BCUT2D eigenvalue weighted by molar-refractivity contribution is 6.11.